The number of likely N-dealkylation sites (N-methyl/N-ethyl adjacent to an activating group) is 1. The van der Waals surface area contributed by atoms with Gasteiger partial charge in [-0.1, -0.05) is 0 Å². The third-order valence-corrected chi connectivity index (χ3v) is 3.14. The maximum Gasteiger partial charge on any atom is 0.332 e. The lowest BCUT2D eigenvalue weighted by molar-refractivity contribution is -0.151. The molecule has 1 saturated heterocycles. The Bertz CT molecular complexity index is 309. The van der Waals surface area contributed by atoms with E-state index in [1.54, 1.807) is 11.8 Å². The summed E-state index contributed by atoms with van der Waals surface area (Å²) in [4.78, 5) is 27.5. The van der Waals surface area contributed by atoms with Gasteiger partial charge in [0.15, 0.2) is 6.04 Å². The van der Waals surface area contributed by atoms with Crippen molar-refractivity contribution in [1.29, 1.82) is 0 Å². The van der Waals surface area contributed by atoms with Crippen LogP contribution in [0.4, 0.5) is 0 Å². The van der Waals surface area contributed by atoms with E-state index in [-0.39, 0.29) is 18.6 Å². The van der Waals surface area contributed by atoms with Crippen molar-refractivity contribution in [3.8, 4) is 0 Å². The van der Waals surface area contributed by atoms with Crippen LogP contribution in [0.3, 0.4) is 0 Å². The van der Waals surface area contributed by atoms with E-state index in [2.05, 4.69) is 4.90 Å². The number of rotatable bonds is 3. The van der Waals surface area contributed by atoms with Crippen molar-refractivity contribution in [3.05, 3.63) is 0 Å². The summed E-state index contributed by atoms with van der Waals surface area (Å²) in [6.07, 6.45) is 0.891. The highest BCUT2D eigenvalue weighted by molar-refractivity contribution is 6.01. The van der Waals surface area contributed by atoms with Crippen molar-refractivity contribution in [2.24, 2.45) is 5.73 Å². The SMILES string of the molecule is CCOC(=O)C(N)C(=O)N1CCCN(C)CC1C. The molecule has 2 N–H and O–H groups in total. The molecule has 0 aromatic heterocycles. The summed E-state index contributed by atoms with van der Waals surface area (Å²) in [5, 5.41) is 0. The molecule has 1 fully saturated rings. The molecule has 2 unspecified atom stereocenters. The molecule has 6 nitrogen and oxygen atoms in total. The Kier molecular flexibility index (Phi) is 5.55. The quantitative estimate of drug-likeness (QED) is 0.541. The summed E-state index contributed by atoms with van der Waals surface area (Å²) in [6, 6.07) is -1.14. The predicted molar refractivity (Wildman–Crippen MR) is 67.9 cm³/mol. The van der Waals surface area contributed by atoms with Gasteiger partial charge in [-0.15, -0.1) is 0 Å². The molecule has 0 aromatic rings. The van der Waals surface area contributed by atoms with Crippen LogP contribution < -0.4 is 5.73 Å². The number of carbonyl (C=O) groups excluding carboxylic acids is 2. The van der Waals surface area contributed by atoms with Crippen LogP contribution in [0.1, 0.15) is 20.3 Å². The van der Waals surface area contributed by atoms with Gasteiger partial charge in [0.1, 0.15) is 0 Å². The zero-order valence-corrected chi connectivity index (χ0v) is 11.4. The van der Waals surface area contributed by atoms with E-state index < -0.39 is 12.0 Å². The van der Waals surface area contributed by atoms with Crippen molar-refractivity contribution in [2.45, 2.75) is 32.4 Å². The number of hydrogen-bond acceptors (Lipinski definition) is 5. The number of hydrogen-bond donors (Lipinski definition) is 1. The van der Waals surface area contributed by atoms with E-state index >= 15 is 0 Å². The van der Waals surface area contributed by atoms with Crippen LogP contribution in [0.15, 0.2) is 0 Å². The second-order valence-electron chi connectivity index (χ2n) is 4.73. The minimum atomic E-state index is -1.20. The van der Waals surface area contributed by atoms with Crippen molar-refractivity contribution < 1.29 is 14.3 Å². The summed E-state index contributed by atoms with van der Waals surface area (Å²) in [5.41, 5.74) is 5.65. The van der Waals surface area contributed by atoms with Gasteiger partial charge < -0.3 is 20.3 Å². The number of nitrogens with two attached hydrogens (primary N) is 1. The van der Waals surface area contributed by atoms with E-state index in [1.807, 2.05) is 14.0 Å². The topological polar surface area (TPSA) is 75.9 Å². The van der Waals surface area contributed by atoms with E-state index in [0.29, 0.717) is 6.54 Å². The van der Waals surface area contributed by atoms with Gasteiger partial charge in [0.2, 0.25) is 0 Å². The molecule has 0 saturated carbocycles. The normalized spacial score (nSPS) is 23.3. The zero-order chi connectivity index (χ0) is 13.7. The molecule has 1 heterocycles. The Hall–Kier alpha value is -1.14. The smallest absolute Gasteiger partial charge is 0.332 e. The van der Waals surface area contributed by atoms with Gasteiger partial charge in [-0.05, 0) is 33.9 Å². The monoisotopic (exact) mass is 257 g/mol. The van der Waals surface area contributed by atoms with Gasteiger partial charge in [-0.25, -0.2) is 4.79 Å². The molecule has 18 heavy (non-hydrogen) atoms. The Labute approximate surface area is 108 Å². The number of carbonyl (C=O) groups is 2. The van der Waals surface area contributed by atoms with Crippen molar-refractivity contribution in [1.82, 2.24) is 9.80 Å². The second-order valence-corrected chi connectivity index (χ2v) is 4.73. The molecule has 6 heteroatoms. The fourth-order valence-corrected chi connectivity index (χ4v) is 2.21. The van der Waals surface area contributed by atoms with E-state index in [0.717, 1.165) is 19.5 Å². The van der Waals surface area contributed by atoms with Gasteiger partial charge in [-0.2, -0.15) is 0 Å². The van der Waals surface area contributed by atoms with Crippen LogP contribution >= 0.6 is 0 Å². The molecule has 0 aliphatic carbocycles. The summed E-state index contributed by atoms with van der Waals surface area (Å²) >= 11 is 0. The van der Waals surface area contributed by atoms with Crippen molar-refractivity contribution in [2.75, 3.05) is 33.3 Å². The molecule has 1 aliphatic heterocycles. The lowest BCUT2D eigenvalue weighted by Gasteiger charge is -2.29. The largest absolute Gasteiger partial charge is 0.464 e. The average Bonchev–Trinajstić information content (AvgIpc) is 2.48. The molecule has 1 amide bonds. The highest BCUT2D eigenvalue weighted by Gasteiger charge is 2.32. The maximum atomic E-state index is 12.2. The van der Waals surface area contributed by atoms with Gasteiger partial charge in [0, 0.05) is 19.1 Å². The predicted octanol–water partition coefficient (Wildman–Crippen LogP) is -0.571. The molecule has 2 atom stereocenters. The van der Waals surface area contributed by atoms with Crippen LogP contribution in [-0.2, 0) is 14.3 Å². The highest BCUT2D eigenvalue weighted by atomic mass is 16.5. The molecular formula is C12H23N3O3. The first-order valence-electron chi connectivity index (χ1n) is 6.38. The van der Waals surface area contributed by atoms with E-state index in [4.69, 9.17) is 10.5 Å². The summed E-state index contributed by atoms with van der Waals surface area (Å²) in [5.74, 6) is -0.983. The van der Waals surface area contributed by atoms with Gasteiger partial charge in [-0.3, -0.25) is 4.79 Å². The molecule has 0 aromatic carbocycles. The number of nitrogens with zero attached hydrogens (tertiary/aromatic N) is 2. The Balaban J connectivity index is 2.66. The Morgan fingerprint density at radius 2 is 2.11 bits per heavy atom. The summed E-state index contributed by atoms with van der Waals surface area (Å²) in [6.45, 7) is 6.27. The molecular weight excluding hydrogens is 234 g/mol. The van der Waals surface area contributed by atoms with E-state index in [9.17, 15) is 9.59 Å². The molecule has 1 rings (SSSR count). The molecule has 1 aliphatic rings. The van der Waals surface area contributed by atoms with Crippen molar-refractivity contribution in [3.63, 3.8) is 0 Å². The number of amides is 1. The maximum absolute atomic E-state index is 12.2. The average molecular weight is 257 g/mol. The molecule has 104 valence electrons. The van der Waals surface area contributed by atoms with Gasteiger partial charge in [0.25, 0.3) is 5.91 Å². The lowest BCUT2D eigenvalue weighted by atomic mass is 10.2. The first-order valence-corrected chi connectivity index (χ1v) is 6.38. The standard InChI is InChI=1S/C12H23N3O3/c1-4-18-12(17)10(13)11(16)15-7-5-6-14(3)8-9(15)2/h9-10H,4-8,13H2,1-3H3. The first kappa shape index (κ1) is 14.9. The van der Waals surface area contributed by atoms with Gasteiger partial charge >= 0.3 is 5.97 Å². The van der Waals surface area contributed by atoms with Crippen LogP contribution in [0.2, 0.25) is 0 Å². The van der Waals surface area contributed by atoms with Crippen LogP contribution in [0, 0.1) is 0 Å². The minimum absolute atomic E-state index is 0.0606. The third-order valence-electron chi connectivity index (χ3n) is 3.14. The van der Waals surface area contributed by atoms with Gasteiger partial charge in [0.05, 0.1) is 6.61 Å². The number of esters is 1. The summed E-state index contributed by atoms with van der Waals surface area (Å²) in [7, 11) is 2.02. The van der Waals surface area contributed by atoms with Crippen LogP contribution in [0.5, 0.6) is 0 Å². The van der Waals surface area contributed by atoms with Crippen LogP contribution in [0.25, 0.3) is 0 Å². The molecule has 0 spiro atoms. The third kappa shape index (κ3) is 3.68. The fraction of sp³-hybridized carbons (Fsp3) is 0.833. The van der Waals surface area contributed by atoms with Crippen molar-refractivity contribution >= 4 is 11.9 Å². The Morgan fingerprint density at radius 1 is 1.44 bits per heavy atom. The van der Waals surface area contributed by atoms with E-state index in [1.165, 1.54) is 0 Å². The lowest BCUT2D eigenvalue weighted by Crippen LogP contribution is -2.52. The first-order chi connectivity index (χ1) is 8.47. The van der Waals surface area contributed by atoms with Crippen LogP contribution in [-0.4, -0.2) is 67.0 Å². The minimum Gasteiger partial charge on any atom is -0.464 e. The fourth-order valence-electron chi connectivity index (χ4n) is 2.21. The second kappa shape index (κ2) is 6.70. The zero-order valence-electron chi connectivity index (χ0n) is 11.4. The number of ether oxygens (including phenoxy) is 1. The molecule has 0 bridgehead atoms. The highest BCUT2D eigenvalue weighted by Crippen LogP contribution is 2.10. The Morgan fingerprint density at radius 3 is 2.72 bits per heavy atom. The molecule has 0 radical (unpaired) electrons. The summed E-state index contributed by atoms with van der Waals surface area (Å²) < 4.78 is 4.78.